The van der Waals surface area contributed by atoms with Gasteiger partial charge in [-0.05, 0) is 97.5 Å². The summed E-state index contributed by atoms with van der Waals surface area (Å²) in [7, 11) is 0. The first-order chi connectivity index (χ1) is 25.8. The van der Waals surface area contributed by atoms with Gasteiger partial charge in [0, 0.05) is 44.4 Å². The number of benzene rings is 5. The van der Waals surface area contributed by atoms with Crippen molar-refractivity contribution < 1.29 is 9.47 Å². The topological polar surface area (TPSA) is 23.4 Å². The van der Waals surface area contributed by atoms with Crippen molar-refractivity contribution in [1.29, 1.82) is 0 Å². The summed E-state index contributed by atoms with van der Waals surface area (Å²) in [6.07, 6.45) is 23.6. The molecule has 3 heteroatoms. The van der Waals surface area contributed by atoms with Crippen LogP contribution in [0.3, 0.4) is 0 Å². The smallest absolute Gasteiger partial charge is 0.139 e. The highest BCUT2D eigenvalue weighted by Crippen LogP contribution is 2.62. The van der Waals surface area contributed by atoms with E-state index in [0.29, 0.717) is 6.04 Å². The van der Waals surface area contributed by atoms with Crippen LogP contribution >= 0.6 is 0 Å². The fraction of sp³-hybridized carbons (Fsp3) is 0.184. The predicted octanol–water partition coefficient (Wildman–Crippen LogP) is 12.6. The molecular weight excluding hydrogens is 635 g/mol. The Morgan fingerprint density at radius 3 is 2.21 bits per heavy atom. The van der Waals surface area contributed by atoms with Crippen LogP contribution in [0.25, 0.3) is 27.6 Å². The molecule has 0 radical (unpaired) electrons. The van der Waals surface area contributed by atoms with Crippen molar-refractivity contribution in [1.82, 2.24) is 4.57 Å². The highest BCUT2D eigenvalue weighted by molar-refractivity contribution is 5.91. The Kier molecular flexibility index (Phi) is 6.67. The molecule has 252 valence electrons. The summed E-state index contributed by atoms with van der Waals surface area (Å²) in [6, 6.07) is 38.3. The maximum absolute atomic E-state index is 6.93. The number of allylic oxidation sites excluding steroid dienone is 8. The zero-order valence-corrected chi connectivity index (χ0v) is 29.1. The standard InChI is InChI=1S/C49H39NO2/c1-3-14-32(15-4-1)36-19-13-22-42-48(36)52-46-25-12-9-21-40(46)49(42)39-20-8-11-24-45(39)51-47-31-34(26-28-41(47)49)33-27-29-44-38(30-33)37-18-7-10-23-43(37)50(44)35-16-5-2-6-17-35/h1-3,5-6,8-9,11-14,16,19-22,24-31,35H,4,7,10,15,17-18,23H2. The highest BCUT2D eigenvalue weighted by Gasteiger charge is 2.51. The number of nitrogens with zero attached hydrogens (tertiary/aromatic N) is 1. The van der Waals surface area contributed by atoms with E-state index in [9.17, 15) is 0 Å². The number of aromatic nitrogens is 1. The Hall–Kier alpha value is -5.80. The maximum Gasteiger partial charge on any atom is 0.139 e. The van der Waals surface area contributed by atoms with Gasteiger partial charge in [0.25, 0.3) is 0 Å². The molecule has 3 nitrogen and oxygen atoms in total. The molecule has 2 atom stereocenters. The van der Waals surface area contributed by atoms with Crippen LogP contribution in [0.4, 0.5) is 0 Å². The van der Waals surface area contributed by atoms with Crippen LogP contribution in [0.1, 0.15) is 77.2 Å². The predicted molar refractivity (Wildman–Crippen MR) is 211 cm³/mol. The Labute approximate surface area is 304 Å². The van der Waals surface area contributed by atoms with E-state index < -0.39 is 5.41 Å². The van der Waals surface area contributed by atoms with Crippen molar-refractivity contribution in [3.8, 4) is 34.1 Å². The minimum atomic E-state index is -0.615. The highest BCUT2D eigenvalue weighted by atomic mass is 16.5. The third-order valence-electron chi connectivity index (χ3n) is 12.1. The van der Waals surface area contributed by atoms with Crippen molar-refractivity contribution in [2.24, 2.45) is 0 Å². The fourth-order valence-electron chi connectivity index (χ4n) is 9.84. The monoisotopic (exact) mass is 673 g/mol. The number of para-hydroxylation sites is 3. The molecule has 1 aromatic heterocycles. The molecule has 5 aliphatic rings. The molecule has 3 heterocycles. The van der Waals surface area contributed by atoms with E-state index in [0.717, 1.165) is 77.4 Å². The number of aryl methyl sites for hydroxylation is 1. The zero-order chi connectivity index (χ0) is 34.2. The number of rotatable bonds is 3. The molecule has 6 aromatic rings. The number of fused-ring (bicyclic) bond motifs is 11. The van der Waals surface area contributed by atoms with E-state index >= 15 is 0 Å². The molecule has 11 rings (SSSR count). The second kappa shape index (κ2) is 11.6. The first kappa shape index (κ1) is 29.9. The molecule has 0 bridgehead atoms. The Balaban J connectivity index is 1.12. The van der Waals surface area contributed by atoms with E-state index in [2.05, 4.69) is 150 Å². The molecule has 2 aliphatic heterocycles. The van der Waals surface area contributed by atoms with Crippen LogP contribution in [0, 0.1) is 0 Å². The van der Waals surface area contributed by atoms with Crippen LogP contribution in [0.5, 0.6) is 23.0 Å². The third-order valence-corrected chi connectivity index (χ3v) is 12.1. The fourth-order valence-corrected chi connectivity index (χ4v) is 9.84. The Morgan fingerprint density at radius 2 is 1.38 bits per heavy atom. The minimum Gasteiger partial charge on any atom is -0.457 e. The average molecular weight is 674 g/mol. The first-order valence-electron chi connectivity index (χ1n) is 19.0. The summed E-state index contributed by atoms with van der Waals surface area (Å²) in [4.78, 5) is 0. The number of ether oxygens (including phenoxy) is 2. The molecule has 5 aromatic carbocycles. The SMILES string of the molecule is C1=CCCC(c2cccc3c2Oc2ccccc2C32c3ccccc3Oc3cc(-c4ccc5c(c4)c4c(n5C5C=CC=CC5)CCCC4)ccc32)=C1. The number of hydrogen-bond donors (Lipinski definition) is 0. The molecule has 0 saturated carbocycles. The second-order valence-corrected chi connectivity index (χ2v) is 14.8. The molecule has 0 saturated heterocycles. The van der Waals surface area contributed by atoms with E-state index in [-0.39, 0.29) is 0 Å². The van der Waals surface area contributed by atoms with Gasteiger partial charge < -0.3 is 14.0 Å². The third kappa shape index (κ3) is 4.26. The van der Waals surface area contributed by atoms with Crippen LogP contribution < -0.4 is 9.47 Å². The van der Waals surface area contributed by atoms with Gasteiger partial charge in [-0.15, -0.1) is 0 Å². The second-order valence-electron chi connectivity index (χ2n) is 14.8. The molecule has 0 amide bonds. The summed E-state index contributed by atoms with van der Waals surface area (Å²) >= 11 is 0. The molecular formula is C49H39NO2. The Morgan fingerprint density at radius 1 is 0.615 bits per heavy atom. The lowest BCUT2D eigenvalue weighted by Crippen LogP contribution is -2.37. The molecule has 2 unspecified atom stereocenters. The summed E-state index contributed by atoms with van der Waals surface area (Å²) in [5.74, 6) is 3.61. The summed E-state index contributed by atoms with van der Waals surface area (Å²) < 4.78 is 16.5. The van der Waals surface area contributed by atoms with E-state index in [1.807, 2.05) is 0 Å². The van der Waals surface area contributed by atoms with E-state index in [4.69, 9.17) is 9.47 Å². The van der Waals surface area contributed by atoms with Crippen LogP contribution in [-0.2, 0) is 18.3 Å². The van der Waals surface area contributed by atoms with Gasteiger partial charge in [0.15, 0.2) is 0 Å². The van der Waals surface area contributed by atoms with Crippen molar-refractivity contribution in [3.63, 3.8) is 0 Å². The van der Waals surface area contributed by atoms with Crippen LogP contribution in [0.15, 0.2) is 146 Å². The number of hydrogen-bond acceptors (Lipinski definition) is 2. The minimum absolute atomic E-state index is 0.380. The van der Waals surface area contributed by atoms with Crippen molar-refractivity contribution in [2.75, 3.05) is 0 Å². The molecule has 52 heavy (non-hydrogen) atoms. The summed E-state index contributed by atoms with van der Waals surface area (Å²) in [5, 5.41) is 1.40. The quantitative estimate of drug-likeness (QED) is 0.186. The van der Waals surface area contributed by atoms with Gasteiger partial charge in [-0.25, -0.2) is 0 Å². The molecule has 0 fully saturated rings. The van der Waals surface area contributed by atoms with Gasteiger partial charge in [0.05, 0.1) is 11.5 Å². The van der Waals surface area contributed by atoms with Crippen molar-refractivity contribution in [3.05, 3.63) is 185 Å². The first-order valence-corrected chi connectivity index (χ1v) is 19.0. The normalized spacial score (nSPS) is 20.6. The van der Waals surface area contributed by atoms with Crippen molar-refractivity contribution in [2.45, 2.75) is 56.4 Å². The lowest BCUT2D eigenvalue weighted by atomic mass is 9.62. The van der Waals surface area contributed by atoms with Gasteiger partial charge in [-0.1, -0.05) is 115 Å². The van der Waals surface area contributed by atoms with E-state index in [1.54, 1.807) is 5.56 Å². The summed E-state index contributed by atoms with van der Waals surface area (Å²) in [5.41, 5.74) is 13.3. The van der Waals surface area contributed by atoms with Crippen LogP contribution in [-0.4, -0.2) is 4.57 Å². The van der Waals surface area contributed by atoms with Gasteiger partial charge in [0.2, 0.25) is 0 Å². The summed E-state index contributed by atoms with van der Waals surface area (Å²) in [6.45, 7) is 0. The van der Waals surface area contributed by atoms with Crippen molar-refractivity contribution >= 4 is 16.5 Å². The van der Waals surface area contributed by atoms with E-state index in [1.165, 1.54) is 51.7 Å². The maximum atomic E-state index is 6.93. The largest absolute Gasteiger partial charge is 0.457 e. The average Bonchev–Trinajstić information content (AvgIpc) is 3.55. The van der Waals surface area contributed by atoms with Gasteiger partial charge in [-0.3, -0.25) is 0 Å². The lowest BCUT2D eigenvalue weighted by molar-refractivity contribution is 0.398. The molecule has 0 N–H and O–H groups in total. The van der Waals surface area contributed by atoms with Gasteiger partial charge >= 0.3 is 0 Å². The zero-order valence-electron chi connectivity index (χ0n) is 29.1. The van der Waals surface area contributed by atoms with Crippen LogP contribution in [0.2, 0.25) is 0 Å². The molecule has 3 aliphatic carbocycles. The molecule has 1 spiro atoms. The van der Waals surface area contributed by atoms with Gasteiger partial charge in [-0.2, -0.15) is 0 Å². The van der Waals surface area contributed by atoms with Gasteiger partial charge in [0.1, 0.15) is 23.0 Å². The Bertz CT molecular complexity index is 2560. The lowest BCUT2D eigenvalue weighted by Gasteiger charge is -2.45.